The Balaban J connectivity index is 2.38. The third-order valence-electron chi connectivity index (χ3n) is 2.98. The molecule has 0 unspecified atom stereocenters. The summed E-state index contributed by atoms with van der Waals surface area (Å²) in [5.41, 5.74) is 0.230. The van der Waals surface area contributed by atoms with Crippen LogP contribution >= 0.6 is 0 Å². The van der Waals surface area contributed by atoms with Crippen molar-refractivity contribution in [2.45, 2.75) is 0 Å². The number of hydrogen-bond acceptors (Lipinski definition) is 5. The lowest BCUT2D eigenvalue weighted by atomic mass is 10.1. The second kappa shape index (κ2) is 5.22. The molecule has 0 bridgehead atoms. The summed E-state index contributed by atoms with van der Waals surface area (Å²) in [4.78, 5) is 35.6. The van der Waals surface area contributed by atoms with E-state index in [1.54, 1.807) is 7.05 Å². The van der Waals surface area contributed by atoms with E-state index in [-0.39, 0.29) is 23.4 Å². The van der Waals surface area contributed by atoms with Crippen LogP contribution in [0.1, 0.15) is 20.7 Å². The third kappa shape index (κ3) is 2.19. The number of nitrogens with one attached hydrogen (secondary N) is 1. The molecule has 7 nitrogen and oxygen atoms in total. The number of fused-ring (bicyclic) bond motifs is 1. The van der Waals surface area contributed by atoms with Crippen molar-refractivity contribution in [3.63, 3.8) is 0 Å². The minimum absolute atomic E-state index is 0.0460. The van der Waals surface area contributed by atoms with Crippen molar-refractivity contribution < 1.29 is 14.5 Å². The highest BCUT2D eigenvalue weighted by molar-refractivity contribution is 6.23. The molecule has 0 aliphatic carbocycles. The Morgan fingerprint density at radius 2 is 2.10 bits per heavy atom. The van der Waals surface area contributed by atoms with Gasteiger partial charge in [0.2, 0.25) is 0 Å². The smallest absolute Gasteiger partial charge is 0.282 e. The summed E-state index contributed by atoms with van der Waals surface area (Å²) in [5.74, 6) is -1.17. The Morgan fingerprint density at radius 1 is 1.40 bits per heavy atom. The van der Waals surface area contributed by atoms with Crippen LogP contribution in [0, 0.1) is 10.1 Å². The van der Waals surface area contributed by atoms with Crippen molar-refractivity contribution in [2.24, 2.45) is 0 Å². The van der Waals surface area contributed by atoms with Gasteiger partial charge in [0.1, 0.15) is 5.56 Å². The number of imide groups is 1. The van der Waals surface area contributed by atoms with Crippen LogP contribution in [0.2, 0.25) is 0 Å². The highest BCUT2D eigenvalue weighted by Crippen LogP contribution is 2.30. The van der Waals surface area contributed by atoms with E-state index >= 15 is 0 Å². The van der Waals surface area contributed by atoms with E-state index in [2.05, 4.69) is 11.9 Å². The maximum Gasteiger partial charge on any atom is 0.282 e. The molecule has 20 heavy (non-hydrogen) atoms. The second-order valence-electron chi connectivity index (χ2n) is 4.43. The molecule has 0 fully saturated rings. The SMILES string of the molecule is C=C(CNC)CN1C(=O)c2cccc([N+](=O)[O-])c2C1=O. The molecule has 1 heterocycles. The largest absolute Gasteiger partial charge is 0.316 e. The first-order chi connectivity index (χ1) is 9.47. The van der Waals surface area contributed by atoms with Gasteiger partial charge in [0.25, 0.3) is 17.5 Å². The lowest BCUT2D eigenvalue weighted by Gasteiger charge is -2.15. The Kier molecular flexibility index (Phi) is 3.62. The number of carbonyl (C=O) groups is 2. The van der Waals surface area contributed by atoms with E-state index in [1.807, 2.05) is 0 Å². The molecule has 0 saturated carbocycles. The maximum atomic E-state index is 12.2. The van der Waals surface area contributed by atoms with Gasteiger partial charge in [-0.3, -0.25) is 24.6 Å². The molecule has 104 valence electrons. The van der Waals surface area contributed by atoms with Gasteiger partial charge in [-0.05, 0) is 18.7 Å². The number of nitro benzene ring substituents is 1. The number of nitro groups is 1. The molecule has 1 aliphatic heterocycles. The van der Waals surface area contributed by atoms with E-state index in [4.69, 9.17) is 0 Å². The molecule has 0 spiro atoms. The van der Waals surface area contributed by atoms with Crippen LogP contribution in [0.4, 0.5) is 5.69 Å². The zero-order valence-electron chi connectivity index (χ0n) is 10.9. The van der Waals surface area contributed by atoms with Crippen LogP contribution in [0.25, 0.3) is 0 Å². The summed E-state index contributed by atoms with van der Waals surface area (Å²) >= 11 is 0. The van der Waals surface area contributed by atoms with Crippen molar-refractivity contribution in [1.29, 1.82) is 0 Å². The number of rotatable bonds is 5. The minimum atomic E-state index is -0.657. The van der Waals surface area contributed by atoms with Crippen LogP contribution in [-0.2, 0) is 0 Å². The highest BCUT2D eigenvalue weighted by atomic mass is 16.6. The summed E-state index contributed by atoms with van der Waals surface area (Å²) in [5, 5.41) is 13.8. The van der Waals surface area contributed by atoms with E-state index in [0.29, 0.717) is 12.1 Å². The molecule has 2 rings (SSSR count). The quantitative estimate of drug-likeness (QED) is 0.374. The Hall–Kier alpha value is -2.54. The van der Waals surface area contributed by atoms with E-state index in [1.165, 1.54) is 18.2 Å². The average molecular weight is 275 g/mol. The number of carbonyl (C=O) groups excluding carboxylic acids is 2. The first kappa shape index (κ1) is 13.9. The Labute approximate surface area is 115 Å². The second-order valence-corrected chi connectivity index (χ2v) is 4.43. The molecule has 1 aromatic rings. The molecule has 1 N–H and O–H groups in total. The Bertz CT molecular complexity index is 624. The van der Waals surface area contributed by atoms with Crippen LogP contribution in [-0.4, -0.2) is 41.8 Å². The summed E-state index contributed by atoms with van der Waals surface area (Å²) in [6.45, 7) is 4.25. The summed E-state index contributed by atoms with van der Waals surface area (Å²) in [6, 6.07) is 4.04. The van der Waals surface area contributed by atoms with Crippen LogP contribution in [0.3, 0.4) is 0 Å². The van der Waals surface area contributed by atoms with E-state index in [0.717, 1.165) is 4.90 Å². The van der Waals surface area contributed by atoms with Gasteiger partial charge in [0.05, 0.1) is 17.0 Å². The third-order valence-corrected chi connectivity index (χ3v) is 2.98. The van der Waals surface area contributed by atoms with Crippen LogP contribution in [0.5, 0.6) is 0 Å². The normalized spacial score (nSPS) is 13.6. The predicted octanol–water partition coefficient (Wildman–Crippen LogP) is 0.966. The summed E-state index contributed by atoms with van der Waals surface area (Å²) in [6.07, 6.45) is 0. The molecular formula is C13H13N3O4. The van der Waals surface area contributed by atoms with Gasteiger partial charge in [0, 0.05) is 12.6 Å². The first-order valence-corrected chi connectivity index (χ1v) is 5.92. The lowest BCUT2D eigenvalue weighted by Crippen LogP contribution is -2.33. The minimum Gasteiger partial charge on any atom is -0.316 e. The number of benzene rings is 1. The monoisotopic (exact) mass is 275 g/mol. The van der Waals surface area contributed by atoms with Crippen molar-refractivity contribution >= 4 is 17.5 Å². The molecule has 2 amide bonds. The fraction of sp³-hybridized carbons (Fsp3) is 0.231. The summed E-state index contributed by atoms with van der Waals surface area (Å²) in [7, 11) is 1.72. The van der Waals surface area contributed by atoms with E-state index < -0.39 is 16.7 Å². The average Bonchev–Trinajstić information content (AvgIpc) is 2.64. The van der Waals surface area contributed by atoms with Gasteiger partial charge in [-0.2, -0.15) is 0 Å². The van der Waals surface area contributed by atoms with Crippen molar-refractivity contribution in [3.05, 3.63) is 51.6 Å². The molecule has 0 radical (unpaired) electrons. The fourth-order valence-corrected chi connectivity index (χ4v) is 2.14. The number of amides is 2. The van der Waals surface area contributed by atoms with E-state index in [9.17, 15) is 19.7 Å². The topological polar surface area (TPSA) is 92.6 Å². The number of likely N-dealkylation sites (N-methyl/N-ethyl adjacent to an activating group) is 1. The molecule has 1 aromatic carbocycles. The molecule has 0 aromatic heterocycles. The number of hydrogen-bond donors (Lipinski definition) is 1. The van der Waals surface area contributed by atoms with Crippen LogP contribution < -0.4 is 5.32 Å². The molecule has 0 atom stereocenters. The maximum absolute atomic E-state index is 12.2. The predicted molar refractivity (Wildman–Crippen MR) is 71.5 cm³/mol. The molecular weight excluding hydrogens is 262 g/mol. The molecule has 0 saturated heterocycles. The first-order valence-electron chi connectivity index (χ1n) is 5.92. The summed E-state index contributed by atoms with van der Waals surface area (Å²) < 4.78 is 0. The highest BCUT2D eigenvalue weighted by Gasteiger charge is 2.40. The lowest BCUT2D eigenvalue weighted by molar-refractivity contribution is -0.385. The van der Waals surface area contributed by atoms with Crippen molar-refractivity contribution in [1.82, 2.24) is 10.2 Å². The molecule has 1 aliphatic rings. The zero-order valence-corrected chi connectivity index (χ0v) is 10.9. The van der Waals surface area contributed by atoms with Gasteiger partial charge in [0.15, 0.2) is 0 Å². The van der Waals surface area contributed by atoms with Crippen molar-refractivity contribution in [2.75, 3.05) is 20.1 Å². The standard InChI is InChI=1S/C13H13N3O4/c1-8(6-14-2)7-15-12(17)9-4-3-5-10(16(19)20)11(9)13(15)18/h3-5,14H,1,6-7H2,2H3. The molecule has 7 heteroatoms. The van der Waals surface area contributed by atoms with Gasteiger partial charge in [-0.25, -0.2) is 0 Å². The Morgan fingerprint density at radius 3 is 2.70 bits per heavy atom. The van der Waals surface area contributed by atoms with Crippen molar-refractivity contribution in [3.8, 4) is 0 Å². The van der Waals surface area contributed by atoms with Gasteiger partial charge in [-0.15, -0.1) is 0 Å². The fourth-order valence-electron chi connectivity index (χ4n) is 2.14. The van der Waals surface area contributed by atoms with Crippen LogP contribution in [0.15, 0.2) is 30.4 Å². The van der Waals surface area contributed by atoms with Gasteiger partial charge >= 0.3 is 0 Å². The number of nitrogens with zero attached hydrogens (tertiary/aromatic N) is 2. The van der Waals surface area contributed by atoms with Gasteiger partial charge < -0.3 is 5.32 Å². The van der Waals surface area contributed by atoms with Gasteiger partial charge in [-0.1, -0.05) is 12.6 Å². The zero-order chi connectivity index (χ0) is 14.9.